The predicted octanol–water partition coefficient (Wildman–Crippen LogP) is 7.49. The molecule has 0 aliphatic heterocycles. The van der Waals surface area contributed by atoms with Gasteiger partial charge in [-0.15, -0.1) is 0 Å². The molecule has 10 heteroatoms. The van der Waals surface area contributed by atoms with Gasteiger partial charge in [0.25, 0.3) is 0 Å². The van der Waals surface area contributed by atoms with Crippen molar-refractivity contribution in [3.05, 3.63) is 116 Å². The molecule has 0 saturated heterocycles. The Kier molecular flexibility index (Phi) is 11.5. The molecule has 0 aromatic heterocycles. The van der Waals surface area contributed by atoms with Crippen molar-refractivity contribution in [3.63, 3.8) is 0 Å². The van der Waals surface area contributed by atoms with Crippen molar-refractivity contribution < 1.29 is 49.2 Å². The maximum absolute atomic E-state index is 11.2. The zero-order valence-electron chi connectivity index (χ0n) is 30.6. The third-order valence-electron chi connectivity index (χ3n) is 9.43. The van der Waals surface area contributed by atoms with Crippen LogP contribution < -0.4 is 23.7 Å². The zero-order chi connectivity index (χ0) is 37.7. The molecule has 5 N–H and O–H groups in total. The topological polar surface area (TPSA) is 147 Å². The lowest BCUT2D eigenvalue weighted by molar-refractivity contribution is 0.400. The van der Waals surface area contributed by atoms with E-state index in [0.717, 1.165) is 11.1 Å². The Balaban J connectivity index is 1.40. The lowest BCUT2D eigenvalue weighted by Crippen LogP contribution is -2.02. The quantitative estimate of drug-likeness (QED) is 0.0785. The number of ether oxygens (including phenoxy) is 5. The largest absolute Gasteiger partial charge is 0.508 e. The summed E-state index contributed by atoms with van der Waals surface area (Å²) in [7, 11) is 7.76. The number of aryl methyl sites for hydroxylation is 2. The van der Waals surface area contributed by atoms with E-state index in [2.05, 4.69) is 0 Å². The van der Waals surface area contributed by atoms with Crippen LogP contribution in [0.5, 0.6) is 57.5 Å². The van der Waals surface area contributed by atoms with E-state index in [1.165, 1.54) is 14.2 Å². The summed E-state index contributed by atoms with van der Waals surface area (Å²) in [5.74, 6) is 3.13. The van der Waals surface area contributed by atoms with Crippen LogP contribution in [-0.2, 0) is 32.1 Å². The number of benzene rings is 5. The van der Waals surface area contributed by atoms with Gasteiger partial charge in [0.15, 0.2) is 0 Å². The van der Waals surface area contributed by atoms with Crippen molar-refractivity contribution in [2.45, 2.75) is 46.0 Å². The molecule has 52 heavy (non-hydrogen) atoms. The molecular weight excluding hydrogens is 664 g/mol. The monoisotopic (exact) mass is 710 g/mol. The third kappa shape index (κ3) is 7.86. The Morgan fingerprint density at radius 1 is 0.346 bits per heavy atom. The predicted molar refractivity (Wildman–Crippen MR) is 199 cm³/mol. The van der Waals surface area contributed by atoms with Gasteiger partial charge in [-0.2, -0.15) is 0 Å². The Labute approximate surface area is 304 Å². The van der Waals surface area contributed by atoms with E-state index in [1.54, 1.807) is 82.0 Å². The molecule has 5 rings (SSSR count). The molecule has 5 aromatic carbocycles. The standard InChI is InChI=1S/C42H46O10/c1-8-24-18-39(49-4)29(14-34(24)44)11-26-20-41(51-6)31(16-36(26)46)13-28-22-42(52-7)32(17-37(28)47)12-27-21-40(50-5)30(15-35(27)45)10-25-19-38(48-3)23(2)9-33(25)43/h9,14-22,43-47H,8,10-13H2,1-7H3. The summed E-state index contributed by atoms with van der Waals surface area (Å²) >= 11 is 0. The molecule has 0 bridgehead atoms. The molecule has 0 atom stereocenters. The summed E-state index contributed by atoms with van der Waals surface area (Å²) in [5.41, 5.74) is 6.52. The minimum atomic E-state index is 0.00418. The van der Waals surface area contributed by atoms with E-state index in [0.29, 0.717) is 92.5 Å². The van der Waals surface area contributed by atoms with Crippen LogP contribution >= 0.6 is 0 Å². The maximum atomic E-state index is 11.2. The fourth-order valence-electron chi connectivity index (χ4n) is 6.53. The van der Waals surface area contributed by atoms with Gasteiger partial charge >= 0.3 is 0 Å². The molecule has 0 unspecified atom stereocenters. The maximum Gasteiger partial charge on any atom is 0.122 e. The third-order valence-corrected chi connectivity index (χ3v) is 9.43. The number of aromatic hydroxyl groups is 5. The molecule has 10 nitrogen and oxygen atoms in total. The van der Waals surface area contributed by atoms with E-state index in [-0.39, 0.29) is 41.6 Å². The highest BCUT2D eigenvalue weighted by molar-refractivity contribution is 5.57. The molecular formula is C42H46O10. The van der Waals surface area contributed by atoms with E-state index in [4.69, 9.17) is 23.7 Å². The van der Waals surface area contributed by atoms with Gasteiger partial charge in [0.05, 0.1) is 35.5 Å². The number of rotatable bonds is 14. The summed E-state index contributed by atoms with van der Waals surface area (Å²) in [6, 6.07) is 16.9. The van der Waals surface area contributed by atoms with Gasteiger partial charge in [-0.3, -0.25) is 0 Å². The van der Waals surface area contributed by atoms with Crippen LogP contribution in [0.25, 0.3) is 0 Å². The fourth-order valence-corrected chi connectivity index (χ4v) is 6.53. The van der Waals surface area contributed by atoms with E-state index < -0.39 is 0 Å². The first-order valence-corrected chi connectivity index (χ1v) is 16.8. The summed E-state index contributed by atoms with van der Waals surface area (Å²) in [4.78, 5) is 0. The zero-order valence-corrected chi connectivity index (χ0v) is 30.6. The number of phenolic OH excluding ortho intramolecular Hbond substituents is 5. The van der Waals surface area contributed by atoms with Crippen LogP contribution in [0.1, 0.15) is 62.6 Å². The minimum absolute atomic E-state index is 0.00418. The lowest BCUT2D eigenvalue weighted by Gasteiger charge is -2.18. The first-order chi connectivity index (χ1) is 24.9. The van der Waals surface area contributed by atoms with Crippen molar-refractivity contribution in [2.24, 2.45) is 0 Å². The Hall–Kier alpha value is -5.90. The van der Waals surface area contributed by atoms with Crippen molar-refractivity contribution in [2.75, 3.05) is 35.5 Å². The van der Waals surface area contributed by atoms with Crippen molar-refractivity contribution >= 4 is 0 Å². The number of hydrogen-bond donors (Lipinski definition) is 5. The van der Waals surface area contributed by atoms with Gasteiger partial charge in [-0.1, -0.05) is 6.92 Å². The van der Waals surface area contributed by atoms with Crippen LogP contribution in [0, 0.1) is 6.92 Å². The molecule has 0 spiro atoms. The molecule has 0 aliphatic rings. The van der Waals surface area contributed by atoms with E-state index in [9.17, 15) is 25.5 Å². The SMILES string of the molecule is CCc1cc(OC)c(Cc2cc(OC)c(Cc3cc(OC)c(Cc4cc(OC)c(Cc5cc(OC)c(C)cc5O)cc4O)cc3O)cc2O)cc1O. The van der Waals surface area contributed by atoms with Gasteiger partial charge in [0.2, 0.25) is 0 Å². The lowest BCUT2D eigenvalue weighted by atomic mass is 9.94. The summed E-state index contributed by atoms with van der Waals surface area (Å²) in [6.07, 6.45) is 1.68. The normalized spacial score (nSPS) is 11.0. The summed E-state index contributed by atoms with van der Waals surface area (Å²) in [5, 5.41) is 54.4. The van der Waals surface area contributed by atoms with Gasteiger partial charge < -0.3 is 49.2 Å². The van der Waals surface area contributed by atoms with Crippen molar-refractivity contribution in [1.82, 2.24) is 0 Å². The van der Waals surface area contributed by atoms with Crippen LogP contribution in [0.4, 0.5) is 0 Å². The van der Waals surface area contributed by atoms with Crippen molar-refractivity contribution in [1.29, 1.82) is 0 Å². The molecule has 274 valence electrons. The smallest absolute Gasteiger partial charge is 0.122 e. The van der Waals surface area contributed by atoms with Crippen molar-refractivity contribution in [3.8, 4) is 57.5 Å². The Morgan fingerprint density at radius 2 is 0.596 bits per heavy atom. The molecule has 0 fully saturated rings. The Bertz CT molecular complexity index is 2090. The summed E-state index contributed by atoms with van der Waals surface area (Å²) < 4.78 is 28.1. The second kappa shape index (κ2) is 16.0. The second-order valence-corrected chi connectivity index (χ2v) is 12.7. The van der Waals surface area contributed by atoms with Crippen LogP contribution in [0.15, 0.2) is 60.7 Å². The van der Waals surface area contributed by atoms with E-state index in [1.807, 2.05) is 13.8 Å². The molecule has 0 radical (unpaired) electrons. The molecule has 0 amide bonds. The van der Waals surface area contributed by atoms with Gasteiger partial charge in [0.1, 0.15) is 57.5 Å². The number of hydrogen-bond acceptors (Lipinski definition) is 10. The molecule has 0 saturated carbocycles. The highest BCUT2D eigenvalue weighted by Gasteiger charge is 2.20. The van der Waals surface area contributed by atoms with Gasteiger partial charge in [0, 0.05) is 70.2 Å². The van der Waals surface area contributed by atoms with Crippen LogP contribution in [-0.4, -0.2) is 61.1 Å². The first-order valence-electron chi connectivity index (χ1n) is 16.8. The van der Waals surface area contributed by atoms with Crippen LogP contribution in [0.3, 0.4) is 0 Å². The first kappa shape index (κ1) is 37.4. The van der Waals surface area contributed by atoms with Gasteiger partial charge in [-0.25, -0.2) is 0 Å². The van der Waals surface area contributed by atoms with E-state index >= 15 is 0 Å². The average molecular weight is 711 g/mol. The molecule has 0 heterocycles. The molecule has 0 aliphatic carbocycles. The highest BCUT2D eigenvalue weighted by atomic mass is 16.5. The van der Waals surface area contributed by atoms with Gasteiger partial charge in [-0.05, 0) is 85.1 Å². The number of phenols is 5. The second-order valence-electron chi connectivity index (χ2n) is 12.7. The minimum Gasteiger partial charge on any atom is -0.508 e. The summed E-state index contributed by atoms with van der Waals surface area (Å²) in [6.45, 7) is 3.80. The average Bonchev–Trinajstić information content (AvgIpc) is 3.12. The fraction of sp³-hybridized carbons (Fsp3) is 0.286. The highest BCUT2D eigenvalue weighted by Crippen LogP contribution is 2.40. The molecule has 5 aromatic rings. The van der Waals surface area contributed by atoms with Crippen LogP contribution in [0.2, 0.25) is 0 Å². The Morgan fingerprint density at radius 3 is 0.885 bits per heavy atom. The number of methoxy groups -OCH3 is 5.